The molecule has 0 fully saturated rings. The second kappa shape index (κ2) is 7.75. The quantitative estimate of drug-likeness (QED) is 0.694. The Kier molecular flexibility index (Phi) is 6.26. The summed E-state index contributed by atoms with van der Waals surface area (Å²) in [5.41, 5.74) is 1.19. The Hall–Kier alpha value is -1.51. The van der Waals surface area contributed by atoms with E-state index in [4.69, 9.17) is 4.74 Å². The second-order valence-electron chi connectivity index (χ2n) is 4.19. The maximum absolute atomic E-state index is 11.2. The summed E-state index contributed by atoms with van der Waals surface area (Å²) >= 11 is 0. The van der Waals surface area contributed by atoms with Gasteiger partial charge >= 0.3 is 5.97 Å². The van der Waals surface area contributed by atoms with Crippen molar-refractivity contribution < 1.29 is 14.3 Å². The number of carbonyl (C=O) groups excluding carboxylic acids is 1. The van der Waals surface area contributed by atoms with Crippen LogP contribution in [0.4, 0.5) is 0 Å². The highest BCUT2D eigenvalue weighted by atomic mass is 16.5. The maximum atomic E-state index is 11.2. The van der Waals surface area contributed by atoms with E-state index < -0.39 is 0 Å². The van der Waals surface area contributed by atoms with Crippen molar-refractivity contribution >= 4 is 5.97 Å². The zero-order valence-electron chi connectivity index (χ0n) is 11.4. The lowest BCUT2D eigenvalue weighted by molar-refractivity contribution is -0.140. The number of esters is 1. The summed E-state index contributed by atoms with van der Waals surface area (Å²) in [6, 6.07) is 8.05. The molecule has 1 unspecified atom stereocenters. The number of rotatable bonds is 7. The van der Waals surface area contributed by atoms with E-state index in [-0.39, 0.29) is 5.97 Å². The highest BCUT2D eigenvalue weighted by molar-refractivity contribution is 5.69. The first-order valence-corrected chi connectivity index (χ1v) is 6.51. The van der Waals surface area contributed by atoms with E-state index in [2.05, 4.69) is 17.7 Å². The minimum Gasteiger partial charge on any atom is -0.494 e. The minimum absolute atomic E-state index is 0.151. The SMILES string of the molecule is CCOc1ccccc1C(CC)CCC(=O)OC. The molecule has 0 radical (unpaired) electrons. The molecular weight excluding hydrogens is 228 g/mol. The maximum Gasteiger partial charge on any atom is 0.305 e. The molecule has 0 N–H and O–H groups in total. The third-order valence-electron chi connectivity index (χ3n) is 3.08. The molecule has 0 aliphatic heterocycles. The number of para-hydroxylation sites is 1. The summed E-state index contributed by atoms with van der Waals surface area (Å²) in [6.07, 6.45) is 2.24. The predicted octanol–water partition coefficient (Wildman–Crippen LogP) is 3.53. The summed E-state index contributed by atoms with van der Waals surface area (Å²) < 4.78 is 10.3. The van der Waals surface area contributed by atoms with Gasteiger partial charge in [-0.2, -0.15) is 0 Å². The van der Waals surface area contributed by atoms with Crippen LogP contribution in [0.1, 0.15) is 44.6 Å². The topological polar surface area (TPSA) is 35.5 Å². The lowest BCUT2D eigenvalue weighted by Gasteiger charge is -2.18. The van der Waals surface area contributed by atoms with Crippen LogP contribution in [-0.2, 0) is 9.53 Å². The average molecular weight is 250 g/mol. The molecule has 0 bridgehead atoms. The standard InChI is InChI=1S/C15H22O3/c1-4-12(10-11-15(16)17-3)13-8-6-7-9-14(13)18-5-2/h6-9,12H,4-5,10-11H2,1-3H3. The summed E-state index contributed by atoms with van der Waals surface area (Å²) in [5, 5.41) is 0. The highest BCUT2D eigenvalue weighted by Gasteiger charge is 2.15. The molecule has 0 heterocycles. The minimum atomic E-state index is -0.151. The van der Waals surface area contributed by atoms with Crippen LogP contribution in [-0.4, -0.2) is 19.7 Å². The Bertz CT molecular complexity index is 374. The molecule has 0 aliphatic carbocycles. The lowest BCUT2D eigenvalue weighted by atomic mass is 9.91. The molecule has 3 nitrogen and oxygen atoms in total. The molecular formula is C15H22O3. The Morgan fingerprint density at radius 2 is 2.00 bits per heavy atom. The van der Waals surface area contributed by atoms with Gasteiger partial charge in [-0.15, -0.1) is 0 Å². The molecule has 0 amide bonds. The molecule has 0 saturated carbocycles. The molecule has 0 aliphatic rings. The van der Waals surface area contributed by atoms with Gasteiger partial charge in [0.05, 0.1) is 13.7 Å². The summed E-state index contributed by atoms with van der Waals surface area (Å²) in [4.78, 5) is 11.2. The first kappa shape index (κ1) is 14.6. The van der Waals surface area contributed by atoms with Crippen molar-refractivity contribution in [2.45, 2.75) is 39.0 Å². The van der Waals surface area contributed by atoms with Crippen molar-refractivity contribution in [3.05, 3.63) is 29.8 Å². The average Bonchev–Trinajstić information content (AvgIpc) is 2.41. The van der Waals surface area contributed by atoms with Crippen LogP contribution < -0.4 is 4.74 Å². The van der Waals surface area contributed by atoms with Crippen molar-refractivity contribution in [1.82, 2.24) is 0 Å². The molecule has 100 valence electrons. The van der Waals surface area contributed by atoms with Gasteiger partial charge in [0.2, 0.25) is 0 Å². The van der Waals surface area contributed by atoms with Gasteiger partial charge in [0.1, 0.15) is 5.75 Å². The molecule has 1 aromatic rings. The van der Waals surface area contributed by atoms with Gasteiger partial charge in [-0.3, -0.25) is 4.79 Å². The van der Waals surface area contributed by atoms with Crippen LogP contribution in [0.25, 0.3) is 0 Å². The third kappa shape index (κ3) is 4.06. The van der Waals surface area contributed by atoms with E-state index in [0.717, 1.165) is 18.6 Å². The second-order valence-corrected chi connectivity index (χ2v) is 4.19. The monoisotopic (exact) mass is 250 g/mol. The Balaban J connectivity index is 2.77. The Morgan fingerprint density at radius 1 is 1.28 bits per heavy atom. The van der Waals surface area contributed by atoms with Crippen LogP contribution >= 0.6 is 0 Å². The molecule has 18 heavy (non-hydrogen) atoms. The van der Waals surface area contributed by atoms with Gasteiger partial charge in [-0.1, -0.05) is 25.1 Å². The molecule has 1 aromatic carbocycles. The van der Waals surface area contributed by atoms with Gasteiger partial charge in [-0.25, -0.2) is 0 Å². The summed E-state index contributed by atoms with van der Waals surface area (Å²) in [7, 11) is 1.43. The molecule has 0 saturated heterocycles. The largest absolute Gasteiger partial charge is 0.494 e. The van der Waals surface area contributed by atoms with Gasteiger partial charge in [0, 0.05) is 6.42 Å². The smallest absolute Gasteiger partial charge is 0.305 e. The Labute approximate surface area is 109 Å². The number of carbonyl (C=O) groups is 1. The molecule has 1 rings (SSSR count). The summed E-state index contributed by atoms with van der Waals surface area (Å²) in [6.45, 7) is 4.77. The van der Waals surface area contributed by atoms with Crippen LogP contribution in [0.2, 0.25) is 0 Å². The summed E-state index contributed by atoms with van der Waals surface area (Å²) in [5.74, 6) is 1.12. The van der Waals surface area contributed by atoms with Gasteiger partial charge < -0.3 is 9.47 Å². The number of hydrogen-bond acceptors (Lipinski definition) is 3. The Morgan fingerprint density at radius 3 is 2.61 bits per heavy atom. The van der Waals surface area contributed by atoms with E-state index in [1.54, 1.807) is 0 Å². The lowest BCUT2D eigenvalue weighted by Crippen LogP contribution is -2.06. The van der Waals surface area contributed by atoms with Crippen LogP contribution in [0.3, 0.4) is 0 Å². The van der Waals surface area contributed by atoms with Crippen LogP contribution in [0, 0.1) is 0 Å². The normalized spacial score (nSPS) is 11.9. The van der Waals surface area contributed by atoms with Gasteiger partial charge in [-0.05, 0) is 37.3 Å². The fourth-order valence-corrected chi connectivity index (χ4v) is 2.08. The van der Waals surface area contributed by atoms with Crippen LogP contribution in [0.15, 0.2) is 24.3 Å². The number of ether oxygens (including phenoxy) is 2. The number of hydrogen-bond donors (Lipinski definition) is 0. The van der Waals surface area contributed by atoms with Gasteiger partial charge in [0.25, 0.3) is 0 Å². The van der Waals surface area contributed by atoms with Crippen molar-refractivity contribution in [3.8, 4) is 5.75 Å². The van der Waals surface area contributed by atoms with Crippen molar-refractivity contribution in [3.63, 3.8) is 0 Å². The van der Waals surface area contributed by atoms with Crippen molar-refractivity contribution in [2.24, 2.45) is 0 Å². The van der Waals surface area contributed by atoms with E-state index in [1.165, 1.54) is 12.7 Å². The van der Waals surface area contributed by atoms with Crippen molar-refractivity contribution in [2.75, 3.05) is 13.7 Å². The van der Waals surface area contributed by atoms with Crippen LogP contribution in [0.5, 0.6) is 5.75 Å². The first-order chi connectivity index (χ1) is 8.72. The predicted molar refractivity (Wildman–Crippen MR) is 71.9 cm³/mol. The van der Waals surface area contributed by atoms with E-state index in [0.29, 0.717) is 18.9 Å². The molecule has 0 aromatic heterocycles. The molecule has 0 spiro atoms. The highest BCUT2D eigenvalue weighted by Crippen LogP contribution is 2.32. The van der Waals surface area contributed by atoms with E-state index >= 15 is 0 Å². The van der Waals surface area contributed by atoms with Gasteiger partial charge in [0.15, 0.2) is 0 Å². The zero-order chi connectivity index (χ0) is 13.4. The zero-order valence-corrected chi connectivity index (χ0v) is 11.4. The van der Waals surface area contributed by atoms with Crippen molar-refractivity contribution in [1.29, 1.82) is 0 Å². The fraction of sp³-hybridized carbons (Fsp3) is 0.533. The van der Waals surface area contributed by atoms with E-state index in [1.807, 2.05) is 25.1 Å². The molecule has 1 atom stereocenters. The number of benzene rings is 1. The third-order valence-corrected chi connectivity index (χ3v) is 3.08. The number of methoxy groups -OCH3 is 1. The van der Waals surface area contributed by atoms with E-state index in [9.17, 15) is 4.79 Å². The first-order valence-electron chi connectivity index (χ1n) is 6.51. The fourth-order valence-electron chi connectivity index (χ4n) is 2.08. The molecule has 3 heteroatoms.